The van der Waals surface area contributed by atoms with Crippen molar-refractivity contribution in [3.63, 3.8) is 0 Å². The third kappa shape index (κ3) is 4.51. The van der Waals surface area contributed by atoms with Crippen LogP contribution in [0, 0.1) is 0 Å². The lowest BCUT2D eigenvalue weighted by Crippen LogP contribution is -2.48. The van der Waals surface area contributed by atoms with Crippen molar-refractivity contribution in [3.05, 3.63) is 0 Å². The maximum atomic E-state index is 12.3. The van der Waals surface area contributed by atoms with Crippen molar-refractivity contribution >= 4 is 17.7 Å². The summed E-state index contributed by atoms with van der Waals surface area (Å²) in [5, 5.41) is 0. The van der Waals surface area contributed by atoms with E-state index in [0.717, 1.165) is 38.0 Å². The minimum absolute atomic E-state index is 0.174. The van der Waals surface area contributed by atoms with E-state index in [1.165, 1.54) is 12.8 Å². The lowest BCUT2D eigenvalue weighted by molar-refractivity contribution is -0.135. The molecule has 0 aliphatic carbocycles. The molecule has 1 amide bonds. The van der Waals surface area contributed by atoms with Gasteiger partial charge in [-0.25, -0.2) is 0 Å². The fraction of sp³-hybridized carbons (Fsp3) is 0.923. The number of amides is 1. The van der Waals surface area contributed by atoms with Crippen LogP contribution < -0.4 is 5.73 Å². The first-order valence-electron chi connectivity index (χ1n) is 6.75. The van der Waals surface area contributed by atoms with E-state index in [0.29, 0.717) is 6.04 Å². The van der Waals surface area contributed by atoms with Crippen LogP contribution in [0.3, 0.4) is 0 Å². The van der Waals surface area contributed by atoms with E-state index < -0.39 is 0 Å². The lowest BCUT2D eigenvalue weighted by atomic mass is 10.1. The van der Waals surface area contributed by atoms with Crippen molar-refractivity contribution in [2.45, 2.75) is 57.5 Å². The second-order valence-corrected chi connectivity index (χ2v) is 5.82. The Morgan fingerprint density at radius 2 is 2.24 bits per heavy atom. The number of carbonyl (C=O) groups excluding carboxylic acids is 1. The summed E-state index contributed by atoms with van der Waals surface area (Å²) in [6, 6.07) is 0.125. The fourth-order valence-electron chi connectivity index (χ4n) is 2.47. The van der Waals surface area contributed by atoms with Gasteiger partial charge in [-0.05, 0) is 37.7 Å². The summed E-state index contributed by atoms with van der Waals surface area (Å²) in [4.78, 5) is 14.4. The average molecular weight is 258 g/mol. The van der Waals surface area contributed by atoms with Crippen molar-refractivity contribution in [1.29, 1.82) is 0 Å². The lowest BCUT2D eigenvalue weighted by Gasteiger charge is -2.31. The molecule has 3 nitrogen and oxygen atoms in total. The highest BCUT2D eigenvalue weighted by Gasteiger charge is 2.27. The van der Waals surface area contributed by atoms with Gasteiger partial charge in [0.15, 0.2) is 0 Å². The molecule has 1 unspecified atom stereocenters. The number of thioether (sulfide) groups is 1. The van der Waals surface area contributed by atoms with Crippen LogP contribution in [0.15, 0.2) is 0 Å². The Morgan fingerprint density at radius 3 is 2.88 bits per heavy atom. The highest BCUT2D eigenvalue weighted by Crippen LogP contribution is 2.20. The first-order chi connectivity index (χ1) is 8.20. The summed E-state index contributed by atoms with van der Waals surface area (Å²) in [6.45, 7) is 3.08. The van der Waals surface area contributed by atoms with Crippen LogP contribution in [0.25, 0.3) is 0 Å². The van der Waals surface area contributed by atoms with Gasteiger partial charge in [-0.15, -0.1) is 0 Å². The standard InChI is InChI=1S/C13H26N2OS/c1-3-11-7-5-4-6-9-15(11)13(16)12(14)8-10-17-2/h11-12H,3-10,14H2,1-2H3/t11?,12-/m1/s1. The van der Waals surface area contributed by atoms with Gasteiger partial charge in [-0.3, -0.25) is 4.79 Å². The zero-order chi connectivity index (χ0) is 12.7. The van der Waals surface area contributed by atoms with E-state index >= 15 is 0 Å². The molecule has 2 atom stereocenters. The molecule has 17 heavy (non-hydrogen) atoms. The number of hydrogen-bond donors (Lipinski definition) is 1. The van der Waals surface area contributed by atoms with Gasteiger partial charge in [0.05, 0.1) is 6.04 Å². The molecule has 1 aliphatic heterocycles. The monoisotopic (exact) mass is 258 g/mol. The SMILES string of the molecule is CCC1CCCCCN1C(=O)[C@H](N)CCSC. The Balaban J connectivity index is 2.56. The first kappa shape index (κ1) is 14.8. The summed E-state index contributed by atoms with van der Waals surface area (Å²) >= 11 is 1.75. The molecule has 2 N–H and O–H groups in total. The molecule has 1 rings (SSSR count). The molecule has 0 spiro atoms. The zero-order valence-electron chi connectivity index (χ0n) is 11.2. The molecule has 0 saturated carbocycles. The molecule has 1 saturated heterocycles. The Morgan fingerprint density at radius 1 is 1.47 bits per heavy atom. The first-order valence-corrected chi connectivity index (χ1v) is 8.15. The number of carbonyl (C=O) groups is 1. The molecular formula is C13H26N2OS. The zero-order valence-corrected chi connectivity index (χ0v) is 12.0. The Kier molecular flexibility index (Phi) is 6.97. The van der Waals surface area contributed by atoms with Crippen LogP contribution in [0.5, 0.6) is 0 Å². The molecule has 100 valence electrons. The normalized spacial score (nSPS) is 23.2. The second-order valence-electron chi connectivity index (χ2n) is 4.83. The molecule has 1 aliphatic rings. The second kappa shape index (κ2) is 7.98. The number of nitrogens with zero attached hydrogens (tertiary/aromatic N) is 1. The molecule has 1 heterocycles. The largest absolute Gasteiger partial charge is 0.338 e. The molecule has 0 aromatic heterocycles. The van der Waals surface area contributed by atoms with Crippen LogP contribution >= 0.6 is 11.8 Å². The van der Waals surface area contributed by atoms with Gasteiger partial charge in [-0.2, -0.15) is 11.8 Å². The van der Waals surface area contributed by atoms with E-state index in [-0.39, 0.29) is 11.9 Å². The Hall–Kier alpha value is -0.220. The van der Waals surface area contributed by atoms with Gasteiger partial charge < -0.3 is 10.6 Å². The number of likely N-dealkylation sites (tertiary alicyclic amines) is 1. The van der Waals surface area contributed by atoms with Gasteiger partial charge in [0.25, 0.3) is 0 Å². The highest BCUT2D eigenvalue weighted by molar-refractivity contribution is 7.98. The van der Waals surface area contributed by atoms with Gasteiger partial charge >= 0.3 is 0 Å². The van der Waals surface area contributed by atoms with E-state index in [9.17, 15) is 4.79 Å². The third-order valence-corrected chi connectivity index (χ3v) is 4.23. The van der Waals surface area contributed by atoms with Crippen LogP contribution in [0.2, 0.25) is 0 Å². The number of rotatable bonds is 5. The van der Waals surface area contributed by atoms with Gasteiger partial charge in [-0.1, -0.05) is 19.8 Å². The van der Waals surface area contributed by atoms with Crippen LogP contribution in [-0.2, 0) is 4.79 Å². The minimum atomic E-state index is -0.297. The number of nitrogens with two attached hydrogens (primary N) is 1. The van der Waals surface area contributed by atoms with Crippen LogP contribution in [0.4, 0.5) is 0 Å². The van der Waals surface area contributed by atoms with Crippen LogP contribution in [0.1, 0.15) is 45.4 Å². The van der Waals surface area contributed by atoms with E-state index in [2.05, 4.69) is 18.1 Å². The average Bonchev–Trinajstić information content (AvgIpc) is 2.59. The van der Waals surface area contributed by atoms with Gasteiger partial charge in [0.2, 0.25) is 5.91 Å². The topological polar surface area (TPSA) is 46.3 Å². The molecule has 0 radical (unpaired) electrons. The summed E-state index contributed by atoms with van der Waals surface area (Å²) in [7, 11) is 0. The van der Waals surface area contributed by atoms with Gasteiger partial charge in [0.1, 0.15) is 0 Å². The van der Waals surface area contributed by atoms with Crippen molar-refractivity contribution in [2.75, 3.05) is 18.6 Å². The third-order valence-electron chi connectivity index (χ3n) is 3.58. The molecule has 0 bridgehead atoms. The van der Waals surface area contributed by atoms with Crippen molar-refractivity contribution < 1.29 is 4.79 Å². The Bertz CT molecular complexity index is 235. The van der Waals surface area contributed by atoms with Crippen LogP contribution in [-0.4, -0.2) is 41.4 Å². The van der Waals surface area contributed by atoms with Gasteiger partial charge in [0, 0.05) is 12.6 Å². The molecule has 1 fully saturated rings. The molecule has 0 aromatic rings. The Labute approximate surface area is 109 Å². The minimum Gasteiger partial charge on any atom is -0.338 e. The number of hydrogen-bond acceptors (Lipinski definition) is 3. The summed E-state index contributed by atoms with van der Waals surface area (Å²) in [5.74, 6) is 1.14. The molecule has 4 heteroatoms. The van der Waals surface area contributed by atoms with Crippen molar-refractivity contribution in [1.82, 2.24) is 4.90 Å². The van der Waals surface area contributed by atoms with Crippen molar-refractivity contribution in [3.8, 4) is 0 Å². The smallest absolute Gasteiger partial charge is 0.239 e. The summed E-state index contributed by atoms with van der Waals surface area (Å²) in [6.07, 6.45) is 8.70. The maximum Gasteiger partial charge on any atom is 0.239 e. The quantitative estimate of drug-likeness (QED) is 0.822. The molecule has 0 aromatic carbocycles. The van der Waals surface area contributed by atoms with Crippen molar-refractivity contribution in [2.24, 2.45) is 5.73 Å². The predicted octanol–water partition coefficient (Wildman–Crippen LogP) is 2.25. The highest BCUT2D eigenvalue weighted by atomic mass is 32.2. The summed E-state index contributed by atoms with van der Waals surface area (Å²) in [5.41, 5.74) is 6.00. The van der Waals surface area contributed by atoms with E-state index in [4.69, 9.17) is 5.73 Å². The van der Waals surface area contributed by atoms with E-state index in [1.807, 2.05) is 0 Å². The van der Waals surface area contributed by atoms with E-state index in [1.54, 1.807) is 11.8 Å². The fourth-order valence-corrected chi connectivity index (χ4v) is 2.96. The molecular weight excluding hydrogens is 232 g/mol. The summed E-state index contributed by atoms with van der Waals surface area (Å²) < 4.78 is 0. The predicted molar refractivity (Wildman–Crippen MR) is 75.2 cm³/mol. The maximum absolute atomic E-state index is 12.3.